The first-order valence-corrected chi connectivity index (χ1v) is 18.3. The number of nitrogens with one attached hydrogen (secondary N) is 3. The molecule has 0 bridgehead atoms. The maximum atomic E-state index is 12.2. The van der Waals surface area contributed by atoms with Crippen LogP contribution in [0.1, 0.15) is 47.9 Å². The lowest BCUT2D eigenvalue weighted by Crippen LogP contribution is -2.29. The monoisotopic (exact) mass is 735 g/mol. The smallest absolute Gasteiger partial charge is 0.246 e. The second kappa shape index (κ2) is 25.5. The molecule has 0 heterocycles. The Morgan fingerprint density at radius 3 is 1.91 bits per heavy atom. The molecule has 0 saturated carbocycles. The number of ether oxygens (including phenoxy) is 6. The highest BCUT2D eigenvalue weighted by atomic mass is 16.5. The maximum absolute atomic E-state index is 12.2. The quantitative estimate of drug-likeness (QED) is 0.0950. The highest BCUT2D eigenvalue weighted by Gasteiger charge is 2.10. The number of hydrogen-bond acceptors (Lipinski definition) is 9. The summed E-state index contributed by atoms with van der Waals surface area (Å²) in [6, 6.07) is 20.3. The summed E-state index contributed by atoms with van der Waals surface area (Å²) in [5.41, 5.74) is 6.68. The number of amides is 3. The third-order valence-electron chi connectivity index (χ3n) is 8.25. The zero-order valence-electron chi connectivity index (χ0n) is 31.8. The Kier molecular flexibility index (Phi) is 20.6. The van der Waals surface area contributed by atoms with E-state index >= 15 is 0 Å². The van der Waals surface area contributed by atoms with Crippen molar-refractivity contribution in [1.82, 2.24) is 16.0 Å². The van der Waals surface area contributed by atoms with Crippen LogP contribution in [0.15, 0.2) is 60.7 Å². The predicted octanol–water partition coefficient (Wildman–Crippen LogP) is 4.71. The van der Waals surface area contributed by atoms with Gasteiger partial charge in [0, 0.05) is 46.7 Å². The molecule has 3 N–H and O–H groups in total. The standard InChI is InChI=1S/C41H57N3O9/c1-31-8-10-34(26-37(31)38-27-36(13-9-32(38)2)53-22-7-20-48-23-17-39(45)42-3)28-50-24-25-51-30-41(47)44-18-16-33-11-14-35(15-12-33)52-21-6-5-19-49-29-40(46)43-4/h8-15,26-27H,5-7,16-25,28-30H2,1-4H3,(H,42,45)(H,43,46)(H,44,47). The number of hydrogen-bond donors (Lipinski definition) is 3. The molecule has 0 aromatic heterocycles. The molecular formula is C41H57N3O9. The van der Waals surface area contributed by atoms with Crippen LogP contribution in [-0.2, 0) is 46.4 Å². The van der Waals surface area contributed by atoms with Crippen molar-refractivity contribution in [3.05, 3.63) is 82.9 Å². The fraction of sp³-hybridized carbons (Fsp3) is 0.488. The Balaban J connectivity index is 1.27. The van der Waals surface area contributed by atoms with Gasteiger partial charge in [-0.2, -0.15) is 0 Å². The number of aryl methyl sites for hydroxylation is 2. The summed E-state index contributed by atoms with van der Waals surface area (Å²) in [7, 11) is 3.20. The second-order valence-electron chi connectivity index (χ2n) is 12.5. The van der Waals surface area contributed by atoms with E-state index < -0.39 is 0 Å². The summed E-state index contributed by atoms with van der Waals surface area (Å²) < 4.78 is 34.0. The minimum Gasteiger partial charge on any atom is -0.494 e. The van der Waals surface area contributed by atoms with Crippen LogP contribution in [0.2, 0.25) is 0 Å². The fourth-order valence-corrected chi connectivity index (χ4v) is 5.13. The van der Waals surface area contributed by atoms with Crippen molar-refractivity contribution < 1.29 is 42.8 Å². The molecule has 53 heavy (non-hydrogen) atoms. The highest BCUT2D eigenvalue weighted by Crippen LogP contribution is 2.31. The third-order valence-corrected chi connectivity index (χ3v) is 8.25. The number of carbonyl (C=O) groups is 3. The normalized spacial score (nSPS) is 10.9. The third kappa shape index (κ3) is 17.7. The van der Waals surface area contributed by atoms with Crippen molar-refractivity contribution in [3.8, 4) is 22.6 Å². The molecule has 3 aromatic rings. The van der Waals surface area contributed by atoms with E-state index in [-0.39, 0.29) is 30.9 Å². The first kappa shape index (κ1) is 42.9. The Hall–Kier alpha value is -4.49. The van der Waals surface area contributed by atoms with Gasteiger partial charge in [-0.15, -0.1) is 0 Å². The van der Waals surface area contributed by atoms with Gasteiger partial charge >= 0.3 is 0 Å². The number of rotatable bonds is 27. The van der Waals surface area contributed by atoms with Gasteiger partial charge in [-0.05, 0) is 96.8 Å². The van der Waals surface area contributed by atoms with Gasteiger partial charge in [0.1, 0.15) is 24.7 Å². The van der Waals surface area contributed by atoms with E-state index in [2.05, 4.69) is 60.1 Å². The lowest BCUT2D eigenvalue weighted by Gasteiger charge is -2.14. The van der Waals surface area contributed by atoms with Crippen molar-refractivity contribution in [1.29, 1.82) is 0 Å². The highest BCUT2D eigenvalue weighted by molar-refractivity contribution is 5.77. The van der Waals surface area contributed by atoms with Gasteiger partial charge in [0.15, 0.2) is 0 Å². The Bertz CT molecular complexity index is 1530. The first-order chi connectivity index (χ1) is 25.8. The van der Waals surface area contributed by atoms with E-state index in [1.807, 2.05) is 30.3 Å². The molecule has 0 atom stereocenters. The number of carbonyl (C=O) groups excluding carboxylic acids is 3. The summed E-state index contributed by atoms with van der Waals surface area (Å²) in [5.74, 6) is 1.26. The van der Waals surface area contributed by atoms with Gasteiger partial charge < -0.3 is 44.4 Å². The number of benzene rings is 3. The average Bonchev–Trinajstić information content (AvgIpc) is 3.17. The zero-order valence-corrected chi connectivity index (χ0v) is 31.8. The van der Waals surface area contributed by atoms with Crippen LogP contribution < -0.4 is 25.4 Å². The van der Waals surface area contributed by atoms with Crippen LogP contribution in [0.5, 0.6) is 11.5 Å². The van der Waals surface area contributed by atoms with Crippen LogP contribution in [0.3, 0.4) is 0 Å². The van der Waals surface area contributed by atoms with Crippen LogP contribution in [0, 0.1) is 13.8 Å². The van der Waals surface area contributed by atoms with E-state index in [0.29, 0.717) is 72.2 Å². The Morgan fingerprint density at radius 1 is 0.547 bits per heavy atom. The maximum Gasteiger partial charge on any atom is 0.246 e. The Morgan fingerprint density at radius 2 is 1.13 bits per heavy atom. The molecule has 0 saturated heterocycles. The molecule has 0 unspecified atom stereocenters. The topological polar surface area (TPSA) is 143 Å². The molecule has 0 fully saturated rings. The summed E-state index contributed by atoms with van der Waals surface area (Å²) in [4.78, 5) is 34.7. The van der Waals surface area contributed by atoms with E-state index in [9.17, 15) is 14.4 Å². The molecule has 0 aliphatic rings. The molecule has 3 aromatic carbocycles. The minimum absolute atomic E-state index is 0.0238. The average molecular weight is 736 g/mol. The molecule has 0 radical (unpaired) electrons. The van der Waals surface area contributed by atoms with Crippen molar-refractivity contribution in [2.75, 3.05) is 80.1 Å². The van der Waals surface area contributed by atoms with Crippen LogP contribution >= 0.6 is 0 Å². The van der Waals surface area contributed by atoms with E-state index in [1.54, 1.807) is 14.1 Å². The summed E-state index contributed by atoms with van der Waals surface area (Å²) >= 11 is 0. The molecular weight excluding hydrogens is 678 g/mol. The van der Waals surface area contributed by atoms with E-state index in [0.717, 1.165) is 64.1 Å². The lowest BCUT2D eigenvalue weighted by atomic mass is 9.95. The SMILES string of the molecule is CNC(=O)CCOCCCOc1ccc(C)c(-c2cc(COCCOCC(=O)NCCc3ccc(OCCCCOCC(=O)NC)cc3)ccc2C)c1. The van der Waals surface area contributed by atoms with Crippen LogP contribution in [-0.4, -0.2) is 97.8 Å². The van der Waals surface area contributed by atoms with E-state index in [4.69, 9.17) is 28.4 Å². The summed E-state index contributed by atoms with van der Waals surface area (Å²) in [6.07, 6.45) is 3.43. The lowest BCUT2D eigenvalue weighted by molar-refractivity contribution is -0.126. The van der Waals surface area contributed by atoms with Crippen LogP contribution in [0.4, 0.5) is 0 Å². The fourth-order valence-electron chi connectivity index (χ4n) is 5.13. The predicted molar refractivity (Wildman–Crippen MR) is 204 cm³/mol. The van der Waals surface area contributed by atoms with Gasteiger partial charge in [-0.25, -0.2) is 0 Å². The summed E-state index contributed by atoms with van der Waals surface area (Å²) in [6.45, 7) is 8.41. The largest absolute Gasteiger partial charge is 0.494 e. The summed E-state index contributed by atoms with van der Waals surface area (Å²) in [5, 5.41) is 7.99. The number of likely N-dealkylation sites (N-methyl/N-ethyl adjacent to an activating group) is 1. The molecule has 12 heteroatoms. The van der Waals surface area contributed by atoms with Gasteiger partial charge in [0.25, 0.3) is 0 Å². The zero-order chi connectivity index (χ0) is 38.1. The molecule has 290 valence electrons. The van der Waals surface area contributed by atoms with Crippen molar-refractivity contribution in [2.24, 2.45) is 0 Å². The van der Waals surface area contributed by atoms with Crippen LogP contribution in [0.25, 0.3) is 11.1 Å². The first-order valence-electron chi connectivity index (χ1n) is 18.3. The van der Waals surface area contributed by atoms with Gasteiger partial charge in [-0.1, -0.05) is 30.3 Å². The van der Waals surface area contributed by atoms with E-state index in [1.165, 1.54) is 0 Å². The molecule has 3 amide bonds. The van der Waals surface area contributed by atoms with Gasteiger partial charge in [0.05, 0.1) is 39.6 Å². The molecule has 0 aliphatic heterocycles. The van der Waals surface area contributed by atoms with Gasteiger partial charge in [-0.3, -0.25) is 14.4 Å². The Labute approximate surface area is 314 Å². The molecule has 12 nitrogen and oxygen atoms in total. The molecule has 0 spiro atoms. The van der Waals surface area contributed by atoms with Crippen molar-refractivity contribution >= 4 is 17.7 Å². The van der Waals surface area contributed by atoms with Crippen molar-refractivity contribution in [2.45, 2.75) is 52.6 Å². The minimum atomic E-state index is -0.166. The number of unbranched alkanes of at least 4 members (excludes halogenated alkanes) is 1. The molecule has 0 aliphatic carbocycles. The van der Waals surface area contributed by atoms with Gasteiger partial charge in [0.2, 0.25) is 17.7 Å². The molecule has 3 rings (SSSR count). The second-order valence-corrected chi connectivity index (χ2v) is 12.5. The van der Waals surface area contributed by atoms with Crippen molar-refractivity contribution in [3.63, 3.8) is 0 Å².